The van der Waals surface area contributed by atoms with Crippen LogP contribution in [0.2, 0.25) is 0 Å². The van der Waals surface area contributed by atoms with Gasteiger partial charge in [0.25, 0.3) is 0 Å². The number of rotatable bonds is 3. The van der Waals surface area contributed by atoms with Crippen LogP contribution in [-0.4, -0.2) is 10.8 Å². The molecule has 0 unspecified atom stereocenters. The zero-order valence-electron chi connectivity index (χ0n) is 9.16. The van der Waals surface area contributed by atoms with Gasteiger partial charge in [0.1, 0.15) is 17.3 Å². The Hall–Kier alpha value is -1.62. The predicted octanol–water partition coefficient (Wildman–Crippen LogP) is 3.55. The van der Waals surface area contributed by atoms with Gasteiger partial charge < -0.3 is 0 Å². The standard InChI is InChI=1S/C13H8BrF2NO/c14-11-6-9(15)2-1-8(11)5-13(18)12-4-3-10(16)7-17-12/h1-4,6-7H,5H2. The molecule has 5 heteroatoms. The molecule has 1 aromatic carbocycles. The van der Waals surface area contributed by atoms with Crippen LogP contribution >= 0.6 is 15.9 Å². The van der Waals surface area contributed by atoms with Gasteiger partial charge in [-0.05, 0) is 29.8 Å². The zero-order chi connectivity index (χ0) is 13.1. The molecular formula is C13H8BrF2NO. The first-order valence-corrected chi connectivity index (χ1v) is 5.94. The molecule has 2 nitrogen and oxygen atoms in total. The van der Waals surface area contributed by atoms with E-state index in [1.165, 1.54) is 30.3 Å². The van der Waals surface area contributed by atoms with Gasteiger partial charge in [0, 0.05) is 10.9 Å². The molecule has 18 heavy (non-hydrogen) atoms. The van der Waals surface area contributed by atoms with Gasteiger partial charge in [-0.15, -0.1) is 0 Å². The summed E-state index contributed by atoms with van der Waals surface area (Å²) in [7, 11) is 0. The Morgan fingerprint density at radius 2 is 1.89 bits per heavy atom. The summed E-state index contributed by atoms with van der Waals surface area (Å²) in [5.41, 5.74) is 0.847. The highest BCUT2D eigenvalue weighted by Gasteiger charge is 2.11. The third-order valence-electron chi connectivity index (χ3n) is 2.38. The lowest BCUT2D eigenvalue weighted by molar-refractivity contribution is 0.0988. The quantitative estimate of drug-likeness (QED) is 0.811. The SMILES string of the molecule is O=C(Cc1ccc(F)cc1Br)c1ccc(F)cn1. The molecule has 2 rings (SSSR count). The number of aromatic nitrogens is 1. The van der Waals surface area contributed by atoms with Gasteiger partial charge in [-0.25, -0.2) is 8.78 Å². The molecule has 2 aromatic rings. The molecule has 0 bridgehead atoms. The first kappa shape index (κ1) is 12.8. The summed E-state index contributed by atoms with van der Waals surface area (Å²) >= 11 is 3.19. The third kappa shape index (κ3) is 2.98. The van der Waals surface area contributed by atoms with Gasteiger partial charge in [-0.1, -0.05) is 22.0 Å². The van der Waals surface area contributed by atoms with Gasteiger partial charge in [-0.3, -0.25) is 9.78 Å². The summed E-state index contributed by atoms with van der Waals surface area (Å²) in [5, 5.41) is 0. The first-order chi connectivity index (χ1) is 8.56. The maximum atomic E-state index is 12.9. The van der Waals surface area contributed by atoms with E-state index in [-0.39, 0.29) is 23.7 Å². The Morgan fingerprint density at radius 1 is 1.17 bits per heavy atom. The number of carbonyl (C=O) groups is 1. The van der Waals surface area contributed by atoms with Crippen LogP contribution in [-0.2, 0) is 6.42 Å². The Morgan fingerprint density at radius 3 is 2.50 bits per heavy atom. The summed E-state index contributed by atoms with van der Waals surface area (Å²) in [6.07, 6.45) is 1.08. The van der Waals surface area contributed by atoms with E-state index in [0.717, 1.165) is 6.20 Å². The van der Waals surface area contributed by atoms with E-state index < -0.39 is 5.82 Å². The van der Waals surface area contributed by atoms with Crippen molar-refractivity contribution in [3.8, 4) is 0 Å². The second kappa shape index (κ2) is 5.35. The summed E-state index contributed by atoms with van der Waals surface area (Å²) in [4.78, 5) is 15.6. The average Bonchev–Trinajstić information content (AvgIpc) is 2.33. The molecule has 0 radical (unpaired) electrons. The number of hydrogen-bond donors (Lipinski definition) is 0. The third-order valence-corrected chi connectivity index (χ3v) is 3.12. The fourth-order valence-corrected chi connectivity index (χ4v) is 1.96. The highest BCUT2D eigenvalue weighted by molar-refractivity contribution is 9.10. The highest BCUT2D eigenvalue weighted by atomic mass is 79.9. The molecule has 0 saturated heterocycles. The lowest BCUT2D eigenvalue weighted by atomic mass is 10.1. The summed E-state index contributed by atoms with van der Waals surface area (Å²) in [6, 6.07) is 6.61. The number of ketones is 1. The molecule has 0 saturated carbocycles. The van der Waals surface area contributed by atoms with Crippen LogP contribution in [0, 0.1) is 11.6 Å². The number of nitrogens with zero attached hydrogens (tertiary/aromatic N) is 1. The van der Waals surface area contributed by atoms with Crippen molar-refractivity contribution in [2.75, 3.05) is 0 Å². The van der Waals surface area contributed by atoms with Gasteiger partial charge in [-0.2, -0.15) is 0 Å². The van der Waals surface area contributed by atoms with Crippen molar-refractivity contribution in [1.82, 2.24) is 4.98 Å². The Balaban J connectivity index is 2.18. The predicted molar refractivity (Wildman–Crippen MR) is 66.3 cm³/mol. The molecule has 0 aliphatic heterocycles. The van der Waals surface area contributed by atoms with E-state index in [1.54, 1.807) is 0 Å². The average molecular weight is 312 g/mol. The van der Waals surface area contributed by atoms with Crippen molar-refractivity contribution >= 4 is 21.7 Å². The lowest BCUT2D eigenvalue weighted by Crippen LogP contribution is -2.06. The van der Waals surface area contributed by atoms with Crippen LogP contribution in [0.15, 0.2) is 41.0 Å². The Kier molecular flexibility index (Phi) is 3.81. The molecule has 0 fully saturated rings. The van der Waals surface area contributed by atoms with E-state index in [4.69, 9.17) is 0 Å². The molecule has 0 aliphatic carbocycles. The second-order valence-electron chi connectivity index (χ2n) is 3.70. The van der Waals surface area contributed by atoms with Crippen molar-refractivity contribution in [1.29, 1.82) is 0 Å². The lowest BCUT2D eigenvalue weighted by Gasteiger charge is -2.03. The van der Waals surface area contributed by atoms with Gasteiger partial charge in [0.2, 0.25) is 0 Å². The van der Waals surface area contributed by atoms with Crippen molar-refractivity contribution in [3.63, 3.8) is 0 Å². The van der Waals surface area contributed by atoms with Crippen molar-refractivity contribution in [2.45, 2.75) is 6.42 Å². The fraction of sp³-hybridized carbons (Fsp3) is 0.0769. The largest absolute Gasteiger partial charge is 0.292 e. The molecule has 92 valence electrons. The van der Waals surface area contributed by atoms with E-state index in [2.05, 4.69) is 20.9 Å². The summed E-state index contributed by atoms with van der Waals surface area (Å²) in [5.74, 6) is -1.12. The van der Waals surface area contributed by atoms with Crippen LogP contribution in [0.4, 0.5) is 8.78 Å². The van der Waals surface area contributed by atoms with Gasteiger partial charge in [0.15, 0.2) is 5.78 Å². The molecule has 0 N–H and O–H groups in total. The van der Waals surface area contributed by atoms with Crippen molar-refractivity contribution in [3.05, 3.63) is 63.9 Å². The minimum atomic E-state index is -0.491. The summed E-state index contributed by atoms with van der Waals surface area (Å²) in [6.45, 7) is 0. The highest BCUT2D eigenvalue weighted by Crippen LogP contribution is 2.19. The number of pyridine rings is 1. The molecule has 1 heterocycles. The van der Waals surface area contributed by atoms with E-state index >= 15 is 0 Å². The van der Waals surface area contributed by atoms with Gasteiger partial charge in [0.05, 0.1) is 6.20 Å². The fourth-order valence-electron chi connectivity index (χ4n) is 1.47. The monoisotopic (exact) mass is 311 g/mol. The number of benzene rings is 1. The minimum Gasteiger partial charge on any atom is -0.292 e. The molecule has 0 amide bonds. The number of hydrogen-bond acceptors (Lipinski definition) is 2. The number of halogens is 3. The Bertz CT molecular complexity index is 584. The van der Waals surface area contributed by atoms with E-state index in [9.17, 15) is 13.6 Å². The van der Waals surface area contributed by atoms with Crippen molar-refractivity contribution < 1.29 is 13.6 Å². The normalized spacial score (nSPS) is 10.4. The molecule has 0 atom stereocenters. The van der Waals surface area contributed by atoms with Crippen molar-refractivity contribution in [2.24, 2.45) is 0 Å². The number of carbonyl (C=O) groups excluding carboxylic acids is 1. The van der Waals surface area contributed by atoms with Crippen LogP contribution in [0.25, 0.3) is 0 Å². The molecule has 0 aliphatic rings. The molecule has 0 spiro atoms. The zero-order valence-corrected chi connectivity index (χ0v) is 10.7. The molecule has 1 aromatic heterocycles. The van der Waals surface area contributed by atoms with Gasteiger partial charge >= 0.3 is 0 Å². The van der Waals surface area contributed by atoms with E-state index in [0.29, 0.717) is 10.0 Å². The van der Waals surface area contributed by atoms with E-state index in [1.807, 2.05) is 0 Å². The second-order valence-corrected chi connectivity index (χ2v) is 4.55. The smallest absolute Gasteiger partial charge is 0.185 e. The van der Waals surface area contributed by atoms with Crippen LogP contribution in [0.3, 0.4) is 0 Å². The Labute approximate surface area is 111 Å². The summed E-state index contributed by atoms with van der Waals surface area (Å²) < 4.78 is 26.1. The van der Waals surface area contributed by atoms with Crippen LogP contribution < -0.4 is 0 Å². The first-order valence-electron chi connectivity index (χ1n) is 5.15. The maximum absolute atomic E-state index is 12.9. The molecular weight excluding hydrogens is 304 g/mol. The maximum Gasteiger partial charge on any atom is 0.185 e. The minimum absolute atomic E-state index is 0.0828. The number of Topliss-reactive ketones (excluding diaryl/α,β-unsaturated/α-hetero) is 1. The van der Waals surface area contributed by atoms with Crippen LogP contribution in [0.5, 0.6) is 0 Å². The van der Waals surface area contributed by atoms with Crippen LogP contribution in [0.1, 0.15) is 16.1 Å². The topological polar surface area (TPSA) is 30.0 Å².